The van der Waals surface area contributed by atoms with Crippen LogP contribution >= 0.6 is 0 Å². The van der Waals surface area contributed by atoms with Crippen LogP contribution in [0.3, 0.4) is 0 Å². The summed E-state index contributed by atoms with van der Waals surface area (Å²) in [4.78, 5) is 2.16. The number of halogens is 1. The van der Waals surface area contributed by atoms with Crippen molar-refractivity contribution in [1.29, 1.82) is 0 Å². The average molecular weight is 273 g/mol. The minimum absolute atomic E-state index is 0.249. The second-order valence-corrected chi connectivity index (χ2v) is 4.88. The van der Waals surface area contributed by atoms with E-state index < -0.39 is 0 Å². The van der Waals surface area contributed by atoms with Crippen LogP contribution in [0.4, 0.5) is 10.2 Å². The monoisotopic (exact) mass is 273 g/mol. The Morgan fingerprint density at radius 3 is 2.55 bits per heavy atom. The van der Waals surface area contributed by atoms with E-state index in [0.29, 0.717) is 0 Å². The van der Waals surface area contributed by atoms with E-state index in [1.165, 1.54) is 12.1 Å². The Bertz CT molecular complexity index is 571. The van der Waals surface area contributed by atoms with Gasteiger partial charge >= 0.3 is 0 Å². The maximum absolute atomic E-state index is 12.9. The van der Waals surface area contributed by atoms with Crippen LogP contribution in [0.1, 0.15) is 6.42 Å². The lowest BCUT2D eigenvalue weighted by molar-refractivity contribution is 0.121. The summed E-state index contributed by atoms with van der Waals surface area (Å²) in [6.45, 7) is 1.78. The number of methoxy groups -OCH3 is 1. The third-order valence-corrected chi connectivity index (χ3v) is 3.59. The summed E-state index contributed by atoms with van der Waals surface area (Å²) in [5, 5.41) is 8.47. The number of hydrogen-bond donors (Lipinski definition) is 0. The fourth-order valence-electron chi connectivity index (χ4n) is 2.40. The SMILES string of the molecule is COC1CCN(c2ccc(-c3ccc(F)cc3)nn2)C1. The molecule has 0 aliphatic carbocycles. The Morgan fingerprint density at radius 1 is 1.15 bits per heavy atom. The van der Waals surface area contributed by atoms with Gasteiger partial charge in [0.25, 0.3) is 0 Å². The van der Waals surface area contributed by atoms with Gasteiger partial charge < -0.3 is 9.64 Å². The third kappa shape index (κ3) is 2.63. The molecule has 1 aliphatic rings. The van der Waals surface area contributed by atoms with Gasteiger partial charge in [-0.3, -0.25) is 0 Å². The molecule has 0 radical (unpaired) electrons. The van der Waals surface area contributed by atoms with Crippen molar-refractivity contribution in [3.63, 3.8) is 0 Å². The lowest BCUT2D eigenvalue weighted by atomic mass is 10.1. The van der Waals surface area contributed by atoms with Gasteiger partial charge in [-0.2, -0.15) is 0 Å². The molecular formula is C15H16FN3O. The van der Waals surface area contributed by atoms with Crippen molar-refractivity contribution in [2.24, 2.45) is 0 Å². The highest BCUT2D eigenvalue weighted by atomic mass is 19.1. The first-order chi connectivity index (χ1) is 9.76. The van der Waals surface area contributed by atoms with E-state index in [1.54, 1.807) is 19.2 Å². The van der Waals surface area contributed by atoms with E-state index in [-0.39, 0.29) is 11.9 Å². The van der Waals surface area contributed by atoms with Gasteiger partial charge in [-0.25, -0.2) is 4.39 Å². The zero-order valence-electron chi connectivity index (χ0n) is 11.3. The summed E-state index contributed by atoms with van der Waals surface area (Å²) in [7, 11) is 1.73. The Labute approximate surface area is 117 Å². The Morgan fingerprint density at radius 2 is 1.95 bits per heavy atom. The molecule has 1 saturated heterocycles. The molecule has 4 nitrogen and oxygen atoms in total. The second kappa shape index (κ2) is 5.54. The molecule has 0 saturated carbocycles. The highest BCUT2D eigenvalue weighted by molar-refractivity contribution is 5.59. The third-order valence-electron chi connectivity index (χ3n) is 3.59. The van der Waals surface area contributed by atoms with E-state index >= 15 is 0 Å². The van der Waals surface area contributed by atoms with E-state index in [4.69, 9.17) is 4.74 Å². The maximum Gasteiger partial charge on any atom is 0.151 e. The number of hydrogen-bond acceptors (Lipinski definition) is 4. The first kappa shape index (κ1) is 13.0. The van der Waals surface area contributed by atoms with Gasteiger partial charge in [0.05, 0.1) is 11.8 Å². The molecule has 1 unspecified atom stereocenters. The van der Waals surface area contributed by atoms with Crippen molar-refractivity contribution in [3.05, 3.63) is 42.2 Å². The predicted octanol–water partition coefficient (Wildman–Crippen LogP) is 2.51. The smallest absolute Gasteiger partial charge is 0.151 e. The van der Waals surface area contributed by atoms with E-state index in [9.17, 15) is 4.39 Å². The summed E-state index contributed by atoms with van der Waals surface area (Å²) >= 11 is 0. The zero-order chi connectivity index (χ0) is 13.9. The van der Waals surface area contributed by atoms with Crippen LogP contribution < -0.4 is 4.90 Å². The molecule has 2 aromatic rings. The molecule has 0 amide bonds. The summed E-state index contributed by atoms with van der Waals surface area (Å²) in [5.41, 5.74) is 1.61. The highest BCUT2D eigenvalue weighted by Gasteiger charge is 2.23. The Hall–Kier alpha value is -2.01. The van der Waals surface area contributed by atoms with Crippen LogP contribution in [0.25, 0.3) is 11.3 Å². The number of nitrogens with zero attached hydrogens (tertiary/aromatic N) is 3. The standard InChI is InChI=1S/C15H16FN3O/c1-20-13-8-9-19(10-13)15-7-6-14(17-18-15)11-2-4-12(16)5-3-11/h2-7,13H,8-10H2,1H3. The van der Waals surface area contributed by atoms with Crippen molar-refractivity contribution >= 4 is 5.82 Å². The Kier molecular flexibility index (Phi) is 3.60. The van der Waals surface area contributed by atoms with E-state index in [1.807, 2.05) is 12.1 Å². The molecule has 104 valence electrons. The minimum Gasteiger partial charge on any atom is -0.380 e. The van der Waals surface area contributed by atoms with Crippen LogP contribution in [0.2, 0.25) is 0 Å². The normalized spacial score (nSPS) is 18.5. The summed E-state index contributed by atoms with van der Waals surface area (Å²) in [6, 6.07) is 10.1. The van der Waals surface area contributed by atoms with Crippen molar-refractivity contribution in [2.45, 2.75) is 12.5 Å². The van der Waals surface area contributed by atoms with Gasteiger partial charge in [0.1, 0.15) is 5.82 Å². The van der Waals surface area contributed by atoms with Gasteiger partial charge in [0.15, 0.2) is 5.82 Å². The van der Waals surface area contributed by atoms with Crippen molar-refractivity contribution in [2.75, 3.05) is 25.1 Å². The molecule has 1 aliphatic heterocycles. The van der Waals surface area contributed by atoms with Crippen LogP contribution in [0, 0.1) is 5.82 Å². The summed E-state index contributed by atoms with van der Waals surface area (Å²) in [6.07, 6.45) is 1.28. The van der Waals surface area contributed by atoms with Crippen LogP contribution in [0.5, 0.6) is 0 Å². The van der Waals surface area contributed by atoms with Gasteiger partial charge in [-0.1, -0.05) is 0 Å². The minimum atomic E-state index is -0.249. The summed E-state index contributed by atoms with van der Waals surface area (Å²) < 4.78 is 18.2. The van der Waals surface area contributed by atoms with Gasteiger partial charge in [-0.05, 0) is 42.8 Å². The maximum atomic E-state index is 12.9. The molecule has 1 fully saturated rings. The van der Waals surface area contributed by atoms with Crippen molar-refractivity contribution in [3.8, 4) is 11.3 Å². The van der Waals surface area contributed by atoms with Gasteiger partial charge in [0.2, 0.25) is 0 Å². The second-order valence-electron chi connectivity index (χ2n) is 4.88. The van der Waals surface area contributed by atoms with E-state index in [2.05, 4.69) is 15.1 Å². The van der Waals surface area contributed by atoms with Crippen molar-refractivity contribution < 1.29 is 9.13 Å². The molecule has 1 aromatic carbocycles. The molecule has 1 atom stereocenters. The molecule has 0 bridgehead atoms. The highest BCUT2D eigenvalue weighted by Crippen LogP contribution is 2.22. The largest absolute Gasteiger partial charge is 0.380 e. The molecule has 20 heavy (non-hydrogen) atoms. The lowest BCUT2D eigenvalue weighted by Crippen LogP contribution is -2.23. The number of ether oxygens (including phenoxy) is 1. The number of rotatable bonds is 3. The molecule has 0 N–H and O–H groups in total. The quantitative estimate of drug-likeness (QED) is 0.861. The zero-order valence-corrected chi connectivity index (χ0v) is 11.3. The topological polar surface area (TPSA) is 38.2 Å². The molecule has 2 heterocycles. The molecule has 0 spiro atoms. The number of benzene rings is 1. The van der Waals surface area contributed by atoms with Crippen LogP contribution in [0.15, 0.2) is 36.4 Å². The van der Waals surface area contributed by atoms with Crippen molar-refractivity contribution in [1.82, 2.24) is 10.2 Å². The van der Waals surface area contributed by atoms with E-state index in [0.717, 1.165) is 36.6 Å². The molecular weight excluding hydrogens is 257 g/mol. The summed E-state index contributed by atoms with van der Waals surface area (Å²) in [5.74, 6) is 0.608. The fraction of sp³-hybridized carbons (Fsp3) is 0.333. The Balaban J connectivity index is 1.76. The lowest BCUT2D eigenvalue weighted by Gasteiger charge is -2.16. The first-order valence-corrected chi connectivity index (χ1v) is 6.63. The number of aromatic nitrogens is 2. The van der Waals surface area contributed by atoms with Crippen LogP contribution in [-0.2, 0) is 4.74 Å². The van der Waals surface area contributed by atoms with Crippen LogP contribution in [-0.4, -0.2) is 36.5 Å². The average Bonchev–Trinajstić information content (AvgIpc) is 2.97. The number of anilines is 1. The first-order valence-electron chi connectivity index (χ1n) is 6.63. The molecule has 5 heteroatoms. The van der Waals surface area contributed by atoms with Gasteiger partial charge in [-0.15, -0.1) is 10.2 Å². The van der Waals surface area contributed by atoms with Gasteiger partial charge in [0, 0.05) is 25.8 Å². The fourth-order valence-corrected chi connectivity index (χ4v) is 2.40. The predicted molar refractivity (Wildman–Crippen MR) is 75.1 cm³/mol. The molecule has 1 aromatic heterocycles. The molecule has 3 rings (SSSR count).